The van der Waals surface area contributed by atoms with E-state index in [9.17, 15) is 9.59 Å². The van der Waals surface area contributed by atoms with Crippen molar-refractivity contribution in [2.24, 2.45) is 0 Å². The molecule has 0 radical (unpaired) electrons. The lowest BCUT2D eigenvalue weighted by Gasteiger charge is -2.28. The molecular weight excluding hydrogens is 372 g/mol. The Morgan fingerprint density at radius 3 is 1.73 bits per heavy atom. The van der Waals surface area contributed by atoms with Crippen LogP contribution < -0.4 is 5.32 Å². The molecule has 0 bridgehead atoms. The molecule has 1 N–H and O–H groups in total. The van der Waals surface area contributed by atoms with E-state index in [2.05, 4.69) is 38.2 Å². The summed E-state index contributed by atoms with van der Waals surface area (Å²) in [7, 11) is 0. The van der Waals surface area contributed by atoms with E-state index in [0.717, 1.165) is 16.7 Å². The van der Waals surface area contributed by atoms with E-state index >= 15 is 0 Å². The average Bonchev–Trinajstić information content (AvgIpc) is 3.00. The first kappa shape index (κ1) is 19.9. The second-order valence-corrected chi connectivity index (χ2v) is 8.75. The maximum Gasteiger partial charge on any atom is 0.325 e. The Hall–Kier alpha value is -3.40. The predicted octanol–water partition coefficient (Wildman–Crippen LogP) is 4.98. The third kappa shape index (κ3) is 3.39. The Labute approximate surface area is 177 Å². The first-order chi connectivity index (χ1) is 14.3. The van der Waals surface area contributed by atoms with Crippen molar-refractivity contribution < 1.29 is 9.59 Å². The zero-order valence-corrected chi connectivity index (χ0v) is 17.6. The molecule has 0 aromatic heterocycles. The molecule has 4 heteroatoms. The third-order valence-corrected chi connectivity index (χ3v) is 5.68. The van der Waals surface area contributed by atoms with E-state index < -0.39 is 5.54 Å². The molecule has 1 aliphatic heterocycles. The summed E-state index contributed by atoms with van der Waals surface area (Å²) in [6.45, 7) is 6.71. The van der Waals surface area contributed by atoms with Crippen LogP contribution in [0.4, 0.5) is 4.79 Å². The number of rotatable bonds is 4. The highest BCUT2D eigenvalue weighted by atomic mass is 16.2. The van der Waals surface area contributed by atoms with Crippen LogP contribution in [0.3, 0.4) is 0 Å². The minimum atomic E-state index is -1.22. The fourth-order valence-corrected chi connectivity index (χ4v) is 3.95. The van der Waals surface area contributed by atoms with Crippen LogP contribution in [-0.2, 0) is 22.3 Å². The lowest BCUT2D eigenvalue weighted by molar-refractivity contribution is -0.130. The zero-order chi connectivity index (χ0) is 21.4. The SMILES string of the molecule is CC(C)(C)c1ccc(CN2C(=O)NC(c3ccccc3)(c3ccccc3)C2=O)cc1. The quantitative estimate of drug-likeness (QED) is 0.630. The van der Waals surface area contributed by atoms with Gasteiger partial charge in [-0.25, -0.2) is 4.79 Å². The molecule has 3 amide bonds. The average molecular weight is 399 g/mol. The topological polar surface area (TPSA) is 49.4 Å². The molecule has 0 atom stereocenters. The molecule has 1 heterocycles. The minimum Gasteiger partial charge on any atom is -0.315 e. The molecule has 0 spiro atoms. The van der Waals surface area contributed by atoms with Crippen molar-refractivity contribution in [2.45, 2.75) is 38.3 Å². The van der Waals surface area contributed by atoms with Gasteiger partial charge in [-0.2, -0.15) is 0 Å². The van der Waals surface area contributed by atoms with Gasteiger partial charge < -0.3 is 5.32 Å². The first-order valence-electron chi connectivity index (χ1n) is 10.2. The van der Waals surface area contributed by atoms with Gasteiger partial charge in [0.15, 0.2) is 5.54 Å². The van der Waals surface area contributed by atoms with Gasteiger partial charge in [0.25, 0.3) is 5.91 Å². The minimum absolute atomic E-state index is 0.0507. The van der Waals surface area contributed by atoms with E-state index in [4.69, 9.17) is 0 Å². The van der Waals surface area contributed by atoms with Crippen LogP contribution in [0.5, 0.6) is 0 Å². The Morgan fingerprint density at radius 2 is 1.27 bits per heavy atom. The smallest absolute Gasteiger partial charge is 0.315 e. The number of nitrogens with one attached hydrogen (secondary N) is 1. The van der Waals surface area contributed by atoms with Gasteiger partial charge in [-0.3, -0.25) is 9.69 Å². The van der Waals surface area contributed by atoms with Crippen LogP contribution in [0.25, 0.3) is 0 Å². The molecule has 152 valence electrons. The summed E-state index contributed by atoms with van der Waals surface area (Å²) in [5, 5.41) is 2.99. The zero-order valence-electron chi connectivity index (χ0n) is 17.6. The fraction of sp³-hybridized carbons (Fsp3) is 0.231. The maximum atomic E-state index is 13.7. The molecule has 3 aromatic rings. The summed E-state index contributed by atoms with van der Waals surface area (Å²) >= 11 is 0. The van der Waals surface area contributed by atoms with Crippen LogP contribution in [0.1, 0.15) is 43.0 Å². The summed E-state index contributed by atoms with van der Waals surface area (Å²) in [5.41, 5.74) is 2.47. The summed E-state index contributed by atoms with van der Waals surface area (Å²) in [5.74, 6) is -0.259. The van der Waals surface area contributed by atoms with E-state index in [0.29, 0.717) is 0 Å². The third-order valence-electron chi connectivity index (χ3n) is 5.68. The Morgan fingerprint density at radius 1 is 0.767 bits per heavy atom. The normalized spacial score (nSPS) is 15.9. The fourth-order valence-electron chi connectivity index (χ4n) is 3.95. The number of carbonyl (C=O) groups is 2. The van der Waals surface area contributed by atoms with Crippen molar-refractivity contribution in [1.29, 1.82) is 0 Å². The number of nitrogens with zero attached hydrogens (tertiary/aromatic N) is 1. The molecular formula is C26H26N2O2. The summed E-state index contributed by atoms with van der Waals surface area (Å²) in [6.07, 6.45) is 0. The van der Waals surface area contributed by atoms with Crippen LogP contribution >= 0.6 is 0 Å². The largest absolute Gasteiger partial charge is 0.325 e. The molecule has 0 aliphatic carbocycles. The molecule has 1 aliphatic rings. The molecule has 0 unspecified atom stereocenters. The van der Waals surface area contributed by atoms with Crippen molar-refractivity contribution in [3.8, 4) is 0 Å². The van der Waals surface area contributed by atoms with Gasteiger partial charge in [0.05, 0.1) is 6.54 Å². The first-order valence-corrected chi connectivity index (χ1v) is 10.2. The maximum absolute atomic E-state index is 13.7. The molecule has 0 saturated carbocycles. The second-order valence-electron chi connectivity index (χ2n) is 8.75. The Bertz CT molecular complexity index is 1010. The second kappa shape index (κ2) is 7.45. The van der Waals surface area contributed by atoms with E-state index in [1.54, 1.807) is 0 Å². The number of urea groups is 1. The molecule has 3 aromatic carbocycles. The van der Waals surface area contributed by atoms with Gasteiger partial charge in [-0.1, -0.05) is 106 Å². The number of hydrogen-bond acceptors (Lipinski definition) is 2. The van der Waals surface area contributed by atoms with Gasteiger partial charge in [0, 0.05) is 0 Å². The van der Waals surface area contributed by atoms with Gasteiger partial charge in [-0.15, -0.1) is 0 Å². The standard InChI is InChI=1S/C26H26N2O2/c1-25(2,3)20-16-14-19(15-17-20)18-28-23(29)26(27-24(28)30,21-10-6-4-7-11-21)22-12-8-5-9-13-22/h4-17H,18H2,1-3H3,(H,27,30). The number of amides is 3. The highest BCUT2D eigenvalue weighted by molar-refractivity contribution is 6.09. The van der Waals surface area contributed by atoms with E-state index in [-0.39, 0.29) is 23.9 Å². The van der Waals surface area contributed by atoms with Crippen LogP contribution in [0.2, 0.25) is 0 Å². The molecule has 4 nitrogen and oxygen atoms in total. The molecule has 4 rings (SSSR count). The van der Waals surface area contributed by atoms with Crippen molar-refractivity contribution in [3.63, 3.8) is 0 Å². The monoisotopic (exact) mass is 398 g/mol. The Balaban J connectivity index is 1.71. The molecule has 1 saturated heterocycles. The van der Waals surface area contributed by atoms with Crippen molar-refractivity contribution >= 4 is 11.9 Å². The predicted molar refractivity (Wildman–Crippen MR) is 118 cm³/mol. The number of hydrogen-bond donors (Lipinski definition) is 1. The van der Waals surface area contributed by atoms with Crippen molar-refractivity contribution in [1.82, 2.24) is 10.2 Å². The van der Waals surface area contributed by atoms with Crippen LogP contribution in [0.15, 0.2) is 84.9 Å². The van der Waals surface area contributed by atoms with Gasteiger partial charge in [0.1, 0.15) is 0 Å². The van der Waals surface area contributed by atoms with Crippen LogP contribution in [0, 0.1) is 0 Å². The summed E-state index contributed by atoms with van der Waals surface area (Å²) < 4.78 is 0. The van der Waals surface area contributed by atoms with Gasteiger partial charge in [-0.05, 0) is 27.7 Å². The summed E-state index contributed by atoms with van der Waals surface area (Å²) in [4.78, 5) is 28.0. The van der Waals surface area contributed by atoms with Crippen molar-refractivity contribution in [3.05, 3.63) is 107 Å². The Kier molecular flexibility index (Phi) is 4.94. The van der Waals surface area contributed by atoms with Gasteiger partial charge >= 0.3 is 6.03 Å². The van der Waals surface area contributed by atoms with Crippen LogP contribution in [-0.4, -0.2) is 16.8 Å². The molecule has 30 heavy (non-hydrogen) atoms. The molecule has 1 fully saturated rings. The highest BCUT2D eigenvalue weighted by Crippen LogP contribution is 2.36. The van der Waals surface area contributed by atoms with E-state index in [1.165, 1.54) is 10.5 Å². The summed E-state index contributed by atoms with van der Waals surface area (Å²) in [6, 6.07) is 26.6. The van der Waals surface area contributed by atoms with E-state index in [1.807, 2.05) is 72.8 Å². The number of carbonyl (C=O) groups excluding carboxylic acids is 2. The number of imide groups is 1. The van der Waals surface area contributed by atoms with Gasteiger partial charge in [0.2, 0.25) is 0 Å². The van der Waals surface area contributed by atoms with Crippen molar-refractivity contribution in [2.75, 3.05) is 0 Å². The highest BCUT2D eigenvalue weighted by Gasteiger charge is 2.53. The lowest BCUT2D eigenvalue weighted by atomic mass is 9.82. The lowest BCUT2D eigenvalue weighted by Crippen LogP contribution is -2.45. The number of benzene rings is 3.